The average Bonchev–Trinajstić information content (AvgIpc) is 2.53. The van der Waals surface area contributed by atoms with Crippen LogP contribution in [0.2, 0.25) is 0 Å². The highest BCUT2D eigenvalue weighted by Crippen LogP contribution is 2.31. The van der Waals surface area contributed by atoms with Crippen molar-refractivity contribution < 1.29 is 24.2 Å². The fraction of sp³-hybridized carbons (Fsp3) is 0.500. The third-order valence-electron chi connectivity index (χ3n) is 3.69. The van der Waals surface area contributed by atoms with E-state index in [9.17, 15) is 14.7 Å². The Labute approximate surface area is 122 Å². The molecular weight excluding hydrogens is 276 g/mol. The molecule has 21 heavy (non-hydrogen) atoms. The minimum absolute atomic E-state index is 0.179. The molecule has 0 amide bonds. The number of ether oxygens (including phenoxy) is 2. The van der Waals surface area contributed by atoms with Gasteiger partial charge in [0, 0.05) is 31.6 Å². The number of hydrogen-bond donors (Lipinski definition) is 2. The Morgan fingerprint density at radius 1 is 1.48 bits per heavy atom. The van der Waals surface area contributed by atoms with Gasteiger partial charge < -0.3 is 19.9 Å². The molecule has 1 aromatic heterocycles. The number of nitrogens with zero attached hydrogens (tertiary/aromatic N) is 1. The van der Waals surface area contributed by atoms with Gasteiger partial charge in [0.2, 0.25) is 0 Å². The quantitative estimate of drug-likeness (QED) is 0.786. The van der Waals surface area contributed by atoms with E-state index in [0.717, 1.165) is 0 Å². The molecule has 114 valence electrons. The number of carbonyl (C=O) groups is 2. The molecule has 0 saturated carbocycles. The van der Waals surface area contributed by atoms with Crippen molar-refractivity contribution in [2.24, 2.45) is 5.41 Å². The molecule has 0 aromatic carbocycles. The zero-order valence-corrected chi connectivity index (χ0v) is 11.8. The molecule has 0 radical (unpaired) electrons. The lowest BCUT2D eigenvalue weighted by Crippen LogP contribution is -2.42. The summed E-state index contributed by atoms with van der Waals surface area (Å²) < 4.78 is 9.83. The van der Waals surface area contributed by atoms with E-state index in [1.807, 2.05) is 0 Å². The van der Waals surface area contributed by atoms with Crippen molar-refractivity contribution in [1.29, 1.82) is 0 Å². The highest BCUT2D eigenvalue weighted by molar-refractivity contribution is 5.88. The molecule has 1 aromatic rings. The monoisotopic (exact) mass is 294 g/mol. The van der Waals surface area contributed by atoms with Crippen LogP contribution in [0.15, 0.2) is 18.3 Å². The number of nitrogens with one attached hydrogen (secondary N) is 1. The molecule has 0 aliphatic carbocycles. The molecule has 2 heterocycles. The molecule has 0 spiro atoms. The Balaban J connectivity index is 2.07. The summed E-state index contributed by atoms with van der Waals surface area (Å²) in [6.45, 7) is 1.16. The minimum atomic E-state index is -0.840. The number of carbonyl (C=O) groups excluding carboxylic acids is 1. The molecule has 7 nitrogen and oxygen atoms in total. The number of pyridine rings is 1. The molecule has 2 N–H and O–H groups in total. The van der Waals surface area contributed by atoms with Gasteiger partial charge in [-0.05, 0) is 25.0 Å². The van der Waals surface area contributed by atoms with Gasteiger partial charge in [-0.15, -0.1) is 0 Å². The van der Waals surface area contributed by atoms with E-state index in [1.165, 1.54) is 13.3 Å². The maximum Gasteiger partial charge on any atom is 0.356 e. The molecule has 0 atom stereocenters. The van der Waals surface area contributed by atoms with Crippen molar-refractivity contribution in [3.05, 3.63) is 24.0 Å². The van der Waals surface area contributed by atoms with E-state index in [0.29, 0.717) is 31.7 Å². The van der Waals surface area contributed by atoms with Crippen molar-refractivity contribution in [2.45, 2.75) is 12.8 Å². The van der Waals surface area contributed by atoms with Crippen LogP contribution >= 0.6 is 0 Å². The fourth-order valence-electron chi connectivity index (χ4n) is 2.26. The number of hydrogen-bond acceptors (Lipinski definition) is 6. The molecule has 0 bridgehead atoms. The fourth-order valence-corrected chi connectivity index (χ4v) is 2.26. The van der Waals surface area contributed by atoms with Crippen LogP contribution in [0.25, 0.3) is 0 Å². The van der Waals surface area contributed by atoms with E-state index in [2.05, 4.69) is 15.0 Å². The van der Waals surface area contributed by atoms with Crippen LogP contribution in [0.1, 0.15) is 23.3 Å². The third-order valence-corrected chi connectivity index (χ3v) is 3.69. The van der Waals surface area contributed by atoms with E-state index < -0.39 is 17.4 Å². The Bertz CT molecular complexity index is 526. The smallest absolute Gasteiger partial charge is 0.356 e. The van der Waals surface area contributed by atoms with Crippen molar-refractivity contribution in [3.8, 4) is 0 Å². The number of aromatic nitrogens is 1. The molecule has 1 fully saturated rings. The second kappa shape index (κ2) is 6.53. The number of carboxylic acid groups (broad SMARTS) is 1. The van der Waals surface area contributed by atoms with Gasteiger partial charge in [0.1, 0.15) is 5.69 Å². The van der Waals surface area contributed by atoms with Crippen LogP contribution < -0.4 is 5.32 Å². The van der Waals surface area contributed by atoms with E-state index >= 15 is 0 Å². The zero-order valence-electron chi connectivity index (χ0n) is 11.8. The van der Waals surface area contributed by atoms with Gasteiger partial charge in [-0.2, -0.15) is 0 Å². The lowest BCUT2D eigenvalue weighted by Gasteiger charge is -2.33. The number of rotatable bonds is 5. The van der Waals surface area contributed by atoms with E-state index in [-0.39, 0.29) is 12.2 Å². The zero-order chi connectivity index (χ0) is 15.3. The normalized spacial score (nSPS) is 17.0. The maximum atomic E-state index is 11.5. The van der Waals surface area contributed by atoms with E-state index in [4.69, 9.17) is 4.74 Å². The molecule has 1 saturated heterocycles. The van der Waals surface area contributed by atoms with Gasteiger partial charge in [0.15, 0.2) is 0 Å². The molecule has 1 aliphatic rings. The topological polar surface area (TPSA) is 97.8 Å². The Hall–Kier alpha value is -2.15. The van der Waals surface area contributed by atoms with Gasteiger partial charge in [-0.3, -0.25) is 4.79 Å². The Morgan fingerprint density at radius 2 is 2.19 bits per heavy atom. The SMILES string of the molecule is COC(=O)c1cc(NCC2(C(=O)O)CCOCC2)ccn1. The van der Waals surface area contributed by atoms with Crippen LogP contribution in [-0.4, -0.2) is 48.9 Å². The Morgan fingerprint density at radius 3 is 2.81 bits per heavy atom. The van der Waals surface area contributed by atoms with Crippen LogP contribution in [-0.2, 0) is 14.3 Å². The molecule has 0 unspecified atom stereocenters. The summed E-state index contributed by atoms with van der Waals surface area (Å²) in [6.07, 6.45) is 2.40. The van der Waals surface area contributed by atoms with Crippen molar-refractivity contribution in [1.82, 2.24) is 4.98 Å². The van der Waals surface area contributed by atoms with Gasteiger partial charge in [0.05, 0.1) is 12.5 Å². The summed E-state index contributed by atoms with van der Waals surface area (Å²) in [5, 5.41) is 12.5. The second-order valence-electron chi connectivity index (χ2n) is 4.97. The standard InChI is InChI=1S/C14H18N2O5/c1-20-12(17)11-8-10(2-5-15-11)16-9-14(13(18)19)3-6-21-7-4-14/h2,5,8H,3-4,6-7,9H2,1H3,(H,15,16)(H,18,19). The van der Waals surface area contributed by atoms with Crippen LogP contribution in [0.4, 0.5) is 5.69 Å². The van der Waals surface area contributed by atoms with Gasteiger partial charge in [0.25, 0.3) is 0 Å². The largest absolute Gasteiger partial charge is 0.481 e. The maximum absolute atomic E-state index is 11.5. The summed E-state index contributed by atoms with van der Waals surface area (Å²) >= 11 is 0. The van der Waals surface area contributed by atoms with Crippen LogP contribution in [0.3, 0.4) is 0 Å². The average molecular weight is 294 g/mol. The lowest BCUT2D eigenvalue weighted by atomic mass is 9.80. The number of carboxylic acids is 1. The first-order valence-corrected chi connectivity index (χ1v) is 6.67. The second-order valence-corrected chi connectivity index (χ2v) is 4.97. The third kappa shape index (κ3) is 3.49. The highest BCUT2D eigenvalue weighted by Gasteiger charge is 2.40. The minimum Gasteiger partial charge on any atom is -0.481 e. The van der Waals surface area contributed by atoms with Gasteiger partial charge in [-0.25, -0.2) is 9.78 Å². The van der Waals surface area contributed by atoms with Crippen LogP contribution in [0, 0.1) is 5.41 Å². The summed E-state index contributed by atoms with van der Waals surface area (Å²) in [5.74, 6) is -1.36. The van der Waals surface area contributed by atoms with E-state index in [1.54, 1.807) is 12.1 Å². The number of anilines is 1. The van der Waals surface area contributed by atoms with Crippen molar-refractivity contribution in [2.75, 3.05) is 32.2 Å². The van der Waals surface area contributed by atoms with Crippen molar-refractivity contribution in [3.63, 3.8) is 0 Å². The molecular formula is C14H18N2O5. The van der Waals surface area contributed by atoms with Crippen LogP contribution in [0.5, 0.6) is 0 Å². The molecule has 1 aliphatic heterocycles. The summed E-state index contributed by atoms with van der Waals surface area (Å²) in [6, 6.07) is 3.22. The number of methoxy groups -OCH3 is 1. The number of aliphatic carboxylic acids is 1. The van der Waals surface area contributed by atoms with Gasteiger partial charge in [-0.1, -0.05) is 0 Å². The highest BCUT2D eigenvalue weighted by atomic mass is 16.5. The molecule has 2 rings (SSSR count). The predicted octanol–water partition coefficient (Wildman–Crippen LogP) is 1.16. The summed E-state index contributed by atoms with van der Waals surface area (Å²) in [4.78, 5) is 26.9. The molecule has 7 heteroatoms. The number of esters is 1. The first-order valence-electron chi connectivity index (χ1n) is 6.67. The summed E-state index contributed by atoms with van der Waals surface area (Å²) in [7, 11) is 1.28. The summed E-state index contributed by atoms with van der Waals surface area (Å²) in [5.41, 5.74) is -0.0242. The first kappa shape index (κ1) is 15.2. The first-order chi connectivity index (χ1) is 10.1. The Kier molecular flexibility index (Phi) is 4.74. The predicted molar refractivity (Wildman–Crippen MR) is 74.2 cm³/mol. The van der Waals surface area contributed by atoms with Crippen molar-refractivity contribution >= 4 is 17.6 Å². The van der Waals surface area contributed by atoms with Gasteiger partial charge >= 0.3 is 11.9 Å². The lowest BCUT2D eigenvalue weighted by molar-refractivity contribution is -0.153.